The minimum absolute atomic E-state index is 0.141. The summed E-state index contributed by atoms with van der Waals surface area (Å²) in [5.41, 5.74) is 0.235. The minimum Gasteiger partial charge on any atom is -0.349 e. The maximum atomic E-state index is 13.2. The van der Waals surface area contributed by atoms with Gasteiger partial charge >= 0.3 is 0 Å². The normalized spacial score (nSPS) is 14.1. The predicted molar refractivity (Wildman–Crippen MR) is 70.0 cm³/mol. The molecule has 1 N–H and O–H groups in total. The third-order valence-electron chi connectivity index (χ3n) is 2.06. The van der Waals surface area contributed by atoms with Crippen LogP contribution in [0.4, 0.5) is 4.39 Å². The fraction of sp³-hybridized carbons (Fsp3) is 0.364. The standard InChI is InChI=1S/C11H13BrFNO2S/c1-7(6-17(2)16)14-11(15)8-4-3-5-9(13)10(8)12/h3-5,7H,6H2,1-2H3,(H,14,15). The van der Waals surface area contributed by atoms with E-state index < -0.39 is 16.6 Å². The van der Waals surface area contributed by atoms with E-state index in [4.69, 9.17) is 0 Å². The first-order chi connectivity index (χ1) is 7.91. The minimum atomic E-state index is -0.979. The number of carbonyl (C=O) groups excluding carboxylic acids is 1. The number of rotatable bonds is 4. The Balaban J connectivity index is 2.77. The molecule has 0 heterocycles. The average Bonchev–Trinajstić information content (AvgIpc) is 2.20. The maximum Gasteiger partial charge on any atom is 0.252 e. The van der Waals surface area contributed by atoms with Gasteiger partial charge in [0.1, 0.15) is 5.82 Å². The van der Waals surface area contributed by atoms with Gasteiger partial charge in [-0.25, -0.2) is 4.39 Å². The van der Waals surface area contributed by atoms with E-state index in [9.17, 15) is 13.4 Å². The quantitative estimate of drug-likeness (QED) is 0.923. The topological polar surface area (TPSA) is 46.2 Å². The Morgan fingerprint density at radius 3 is 2.82 bits per heavy atom. The first-order valence-electron chi connectivity index (χ1n) is 4.96. The van der Waals surface area contributed by atoms with E-state index in [1.54, 1.807) is 13.2 Å². The first kappa shape index (κ1) is 14.3. The van der Waals surface area contributed by atoms with Crippen molar-refractivity contribution in [3.8, 4) is 0 Å². The van der Waals surface area contributed by atoms with Crippen molar-refractivity contribution in [2.45, 2.75) is 13.0 Å². The van der Waals surface area contributed by atoms with Gasteiger partial charge in [-0.1, -0.05) is 6.07 Å². The van der Waals surface area contributed by atoms with Gasteiger partial charge in [0.25, 0.3) is 5.91 Å². The molecule has 0 aliphatic heterocycles. The summed E-state index contributed by atoms with van der Waals surface area (Å²) >= 11 is 3.03. The molecule has 17 heavy (non-hydrogen) atoms. The molecule has 0 bridgehead atoms. The van der Waals surface area contributed by atoms with Gasteiger partial charge in [-0.15, -0.1) is 0 Å². The highest BCUT2D eigenvalue weighted by Gasteiger charge is 2.15. The van der Waals surface area contributed by atoms with Gasteiger partial charge in [0.05, 0.1) is 10.0 Å². The molecule has 2 unspecified atom stereocenters. The van der Waals surface area contributed by atoms with Gasteiger partial charge < -0.3 is 5.32 Å². The Morgan fingerprint density at radius 1 is 1.59 bits per heavy atom. The molecule has 1 aromatic rings. The van der Waals surface area contributed by atoms with Crippen LogP contribution in [0.2, 0.25) is 0 Å². The number of halogens is 2. The molecule has 1 aromatic carbocycles. The smallest absolute Gasteiger partial charge is 0.252 e. The van der Waals surface area contributed by atoms with Gasteiger partial charge in [-0.2, -0.15) is 0 Å². The molecule has 0 fully saturated rings. The van der Waals surface area contributed by atoms with E-state index >= 15 is 0 Å². The third-order valence-corrected chi connectivity index (χ3v) is 3.83. The summed E-state index contributed by atoms with van der Waals surface area (Å²) in [4.78, 5) is 11.8. The van der Waals surface area contributed by atoms with Crippen LogP contribution in [0.1, 0.15) is 17.3 Å². The van der Waals surface area contributed by atoms with Crippen molar-refractivity contribution in [3.05, 3.63) is 34.1 Å². The van der Waals surface area contributed by atoms with E-state index in [2.05, 4.69) is 21.2 Å². The lowest BCUT2D eigenvalue weighted by Gasteiger charge is -2.13. The van der Waals surface area contributed by atoms with Crippen LogP contribution in [0.15, 0.2) is 22.7 Å². The van der Waals surface area contributed by atoms with Crippen molar-refractivity contribution in [3.63, 3.8) is 0 Å². The summed E-state index contributed by atoms with van der Waals surface area (Å²) in [6.45, 7) is 1.76. The van der Waals surface area contributed by atoms with Crippen LogP contribution >= 0.6 is 15.9 Å². The molecular formula is C11H13BrFNO2S. The van der Waals surface area contributed by atoms with Gasteiger partial charge in [0, 0.05) is 28.9 Å². The summed E-state index contributed by atoms with van der Waals surface area (Å²) in [6.07, 6.45) is 1.57. The third kappa shape index (κ3) is 4.20. The number of benzene rings is 1. The second-order valence-electron chi connectivity index (χ2n) is 3.72. The molecule has 0 saturated carbocycles. The lowest BCUT2D eigenvalue weighted by atomic mass is 10.2. The maximum absolute atomic E-state index is 13.2. The van der Waals surface area contributed by atoms with Gasteiger partial charge in [0.2, 0.25) is 0 Å². The van der Waals surface area contributed by atoms with Crippen LogP contribution in [0.3, 0.4) is 0 Å². The van der Waals surface area contributed by atoms with Gasteiger partial charge in [-0.05, 0) is 35.0 Å². The monoisotopic (exact) mass is 321 g/mol. The van der Waals surface area contributed by atoms with Crippen molar-refractivity contribution >= 4 is 32.6 Å². The van der Waals surface area contributed by atoms with E-state index in [1.807, 2.05) is 0 Å². The summed E-state index contributed by atoms with van der Waals surface area (Å²) < 4.78 is 24.3. The lowest BCUT2D eigenvalue weighted by molar-refractivity contribution is 0.0942. The van der Waals surface area contributed by atoms with Crippen LogP contribution in [-0.4, -0.2) is 28.2 Å². The summed E-state index contributed by atoms with van der Waals surface area (Å²) in [5.74, 6) is -0.489. The molecule has 6 heteroatoms. The van der Waals surface area contributed by atoms with Crippen LogP contribution in [0.25, 0.3) is 0 Å². The molecule has 0 aliphatic rings. The highest BCUT2D eigenvalue weighted by atomic mass is 79.9. The number of hydrogen-bond donors (Lipinski definition) is 1. The number of hydrogen-bond acceptors (Lipinski definition) is 2. The van der Waals surface area contributed by atoms with E-state index in [-0.39, 0.29) is 22.0 Å². The zero-order valence-corrected chi connectivity index (χ0v) is 11.9. The lowest BCUT2D eigenvalue weighted by Crippen LogP contribution is -2.36. The summed E-state index contributed by atoms with van der Waals surface area (Å²) in [7, 11) is -0.979. The number of carbonyl (C=O) groups is 1. The Bertz CT molecular complexity index is 453. The van der Waals surface area contributed by atoms with E-state index in [0.717, 1.165) is 0 Å². The summed E-state index contributed by atoms with van der Waals surface area (Å²) in [5, 5.41) is 2.67. The Labute approximate surface area is 110 Å². The first-order valence-corrected chi connectivity index (χ1v) is 7.48. The van der Waals surface area contributed by atoms with E-state index in [0.29, 0.717) is 5.75 Å². The summed E-state index contributed by atoms with van der Waals surface area (Å²) in [6, 6.07) is 4.05. The fourth-order valence-corrected chi connectivity index (χ4v) is 2.61. The van der Waals surface area contributed by atoms with Crippen LogP contribution in [-0.2, 0) is 10.8 Å². The predicted octanol–water partition coefficient (Wildman–Crippen LogP) is 2.08. The fourth-order valence-electron chi connectivity index (χ4n) is 1.37. The van der Waals surface area contributed by atoms with Crippen LogP contribution in [0.5, 0.6) is 0 Å². The Morgan fingerprint density at radius 2 is 2.24 bits per heavy atom. The van der Waals surface area contributed by atoms with Crippen molar-refractivity contribution < 1.29 is 13.4 Å². The molecule has 0 aromatic heterocycles. The van der Waals surface area contributed by atoms with Crippen LogP contribution < -0.4 is 5.32 Å². The zero-order valence-electron chi connectivity index (χ0n) is 9.50. The molecule has 0 aliphatic carbocycles. The molecule has 2 atom stereocenters. The average molecular weight is 322 g/mol. The molecule has 0 saturated heterocycles. The highest BCUT2D eigenvalue weighted by molar-refractivity contribution is 9.10. The van der Waals surface area contributed by atoms with Gasteiger partial charge in [-0.3, -0.25) is 9.00 Å². The molecule has 1 amide bonds. The molecule has 3 nitrogen and oxygen atoms in total. The Hall–Kier alpha value is -0.750. The second-order valence-corrected chi connectivity index (χ2v) is 5.99. The second kappa shape index (κ2) is 6.26. The SMILES string of the molecule is CC(CS(C)=O)NC(=O)c1cccc(F)c1Br. The van der Waals surface area contributed by atoms with Crippen molar-refractivity contribution in [2.75, 3.05) is 12.0 Å². The van der Waals surface area contributed by atoms with Gasteiger partial charge in [0.15, 0.2) is 0 Å². The molecular weight excluding hydrogens is 309 g/mol. The van der Waals surface area contributed by atoms with E-state index in [1.165, 1.54) is 18.2 Å². The molecule has 0 spiro atoms. The zero-order chi connectivity index (χ0) is 13.0. The highest BCUT2D eigenvalue weighted by Crippen LogP contribution is 2.20. The van der Waals surface area contributed by atoms with Crippen molar-refractivity contribution in [1.29, 1.82) is 0 Å². The van der Waals surface area contributed by atoms with Crippen molar-refractivity contribution in [1.82, 2.24) is 5.32 Å². The Kier molecular flexibility index (Phi) is 5.27. The number of nitrogens with one attached hydrogen (secondary N) is 1. The van der Waals surface area contributed by atoms with Crippen molar-refractivity contribution in [2.24, 2.45) is 0 Å². The largest absolute Gasteiger partial charge is 0.349 e. The molecule has 1 rings (SSSR count). The number of amides is 1. The molecule has 94 valence electrons. The van der Waals surface area contributed by atoms with Crippen LogP contribution in [0, 0.1) is 5.82 Å². The molecule has 0 radical (unpaired) electrons.